The Balaban J connectivity index is 2.54. The zero-order valence-electron chi connectivity index (χ0n) is 12.3. The molecule has 0 unspecified atom stereocenters. The monoisotopic (exact) mass is 326 g/mol. The Morgan fingerprint density at radius 3 is 1.91 bits per heavy atom. The number of halogens is 3. The highest BCUT2D eigenvalue weighted by Crippen LogP contribution is 2.34. The van der Waals surface area contributed by atoms with Crippen LogP contribution in [0.3, 0.4) is 0 Å². The van der Waals surface area contributed by atoms with Gasteiger partial charge in [0.05, 0.1) is 19.8 Å². The summed E-state index contributed by atoms with van der Waals surface area (Å²) in [5, 5.41) is 0. The predicted octanol–water partition coefficient (Wildman–Crippen LogP) is 3.83. The van der Waals surface area contributed by atoms with Crippen molar-refractivity contribution in [2.24, 2.45) is 0 Å². The van der Waals surface area contributed by atoms with Crippen molar-refractivity contribution in [3.63, 3.8) is 0 Å². The van der Waals surface area contributed by atoms with Crippen molar-refractivity contribution in [1.29, 1.82) is 0 Å². The van der Waals surface area contributed by atoms with E-state index in [9.17, 15) is 18.0 Å². The van der Waals surface area contributed by atoms with E-state index in [1.807, 2.05) is 0 Å². The standard InChI is InChI=1S/C16H13F3O4/c1-21-12-8-5-9-13(22-2)14(12)15(20)10-6-3-4-7-11(10)23-16(17,18)19/h3-9H,1-2H3. The highest BCUT2D eigenvalue weighted by atomic mass is 19.4. The molecular formula is C16H13F3O4. The second kappa shape index (κ2) is 6.60. The van der Waals surface area contributed by atoms with E-state index >= 15 is 0 Å². The van der Waals surface area contributed by atoms with Crippen LogP contribution in [0.15, 0.2) is 42.5 Å². The van der Waals surface area contributed by atoms with Crippen molar-refractivity contribution in [3.05, 3.63) is 53.6 Å². The van der Waals surface area contributed by atoms with E-state index in [1.54, 1.807) is 6.07 Å². The van der Waals surface area contributed by atoms with E-state index in [4.69, 9.17) is 9.47 Å². The average Bonchev–Trinajstić information content (AvgIpc) is 2.52. The molecule has 0 aliphatic carbocycles. The van der Waals surface area contributed by atoms with E-state index in [1.165, 1.54) is 44.6 Å². The Labute approximate surface area is 130 Å². The molecule has 7 heteroatoms. The van der Waals surface area contributed by atoms with E-state index < -0.39 is 17.9 Å². The van der Waals surface area contributed by atoms with E-state index in [0.29, 0.717) is 0 Å². The maximum atomic E-state index is 12.7. The lowest BCUT2D eigenvalue weighted by Gasteiger charge is -2.15. The molecule has 0 heterocycles. The van der Waals surface area contributed by atoms with E-state index in [-0.39, 0.29) is 22.6 Å². The third-order valence-corrected chi connectivity index (χ3v) is 3.01. The van der Waals surface area contributed by atoms with Gasteiger partial charge in [-0.1, -0.05) is 18.2 Å². The number of carbonyl (C=O) groups is 1. The van der Waals surface area contributed by atoms with Gasteiger partial charge in [0.15, 0.2) is 0 Å². The number of methoxy groups -OCH3 is 2. The molecule has 2 aromatic rings. The molecule has 23 heavy (non-hydrogen) atoms. The predicted molar refractivity (Wildman–Crippen MR) is 76.1 cm³/mol. The first-order chi connectivity index (χ1) is 10.9. The fourth-order valence-corrected chi connectivity index (χ4v) is 2.08. The summed E-state index contributed by atoms with van der Waals surface area (Å²) in [6.07, 6.45) is -4.90. The van der Waals surface area contributed by atoms with Crippen LogP contribution in [0.1, 0.15) is 15.9 Å². The number of carbonyl (C=O) groups excluding carboxylic acids is 1. The Hall–Kier alpha value is -2.70. The first kappa shape index (κ1) is 16.7. The van der Waals surface area contributed by atoms with Crippen molar-refractivity contribution in [3.8, 4) is 17.2 Å². The first-order valence-corrected chi connectivity index (χ1v) is 6.48. The van der Waals surface area contributed by atoms with Gasteiger partial charge in [-0.2, -0.15) is 0 Å². The Morgan fingerprint density at radius 2 is 1.39 bits per heavy atom. The summed E-state index contributed by atoms with van der Waals surface area (Å²) < 4.78 is 51.6. The zero-order valence-corrected chi connectivity index (χ0v) is 12.3. The second-order valence-corrected chi connectivity index (χ2v) is 4.41. The van der Waals surface area contributed by atoms with Gasteiger partial charge in [0, 0.05) is 0 Å². The average molecular weight is 326 g/mol. The molecule has 122 valence electrons. The van der Waals surface area contributed by atoms with Crippen LogP contribution in [0.5, 0.6) is 17.2 Å². The quantitative estimate of drug-likeness (QED) is 0.783. The molecule has 0 saturated heterocycles. The smallest absolute Gasteiger partial charge is 0.496 e. The van der Waals surface area contributed by atoms with Gasteiger partial charge < -0.3 is 14.2 Å². The van der Waals surface area contributed by atoms with Gasteiger partial charge in [-0.3, -0.25) is 4.79 Å². The fourth-order valence-electron chi connectivity index (χ4n) is 2.08. The minimum absolute atomic E-state index is 0.0238. The summed E-state index contributed by atoms with van der Waals surface area (Å²) in [4.78, 5) is 12.7. The Kier molecular flexibility index (Phi) is 4.78. The highest BCUT2D eigenvalue weighted by Gasteiger charge is 2.33. The minimum atomic E-state index is -4.90. The molecule has 0 aromatic heterocycles. The number of hydrogen-bond donors (Lipinski definition) is 0. The van der Waals surface area contributed by atoms with Gasteiger partial charge in [0.1, 0.15) is 22.8 Å². The number of para-hydroxylation sites is 1. The van der Waals surface area contributed by atoms with Crippen LogP contribution < -0.4 is 14.2 Å². The number of benzene rings is 2. The third kappa shape index (κ3) is 3.74. The summed E-state index contributed by atoms with van der Waals surface area (Å²) in [7, 11) is 2.70. The fraction of sp³-hybridized carbons (Fsp3) is 0.188. The molecule has 2 rings (SSSR count). The SMILES string of the molecule is COc1cccc(OC)c1C(=O)c1ccccc1OC(F)(F)F. The third-order valence-electron chi connectivity index (χ3n) is 3.01. The van der Waals surface area contributed by atoms with Crippen LogP contribution in [-0.4, -0.2) is 26.4 Å². The van der Waals surface area contributed by atoms with Gasteiger partial charge in [-0.25, -0.2) is 0 Å². The molecule has 0 atom stereocenters. The van der Waals surface area contributed by atoms with E-state index in [2.05, 4.69) is 4.74 Å². The molecular weight excluding hydrogens is 313 g/mol. The summed E-state index contributed by atoms with van der Waals surface area (Å²) in [6, 6.07) is 9.74. The number of ether oxygens (including phenoxy) is 3. The normalized spacial score (nSPS) is 11.0. The van der Waals surface area contributed by atoms with E-state index in [0.717, 1.165) is 6.07 Å². The van der Waals surface area contributed by atoms with Crippen LogP contribution in [-0.2, 0) is 0 Å². The molecule has 0 saturated carbocycles. The number of hydrogen-bond acceptors (Lipinski definition) is 4. The second-order valence-electron chi connectivity index (χ2n) is 4.41. The lowest BCUT2D eigenvalue weighted by atomic mass is 10.0. The van der Waals surface area contributed by atoms with Gasteiger partial charge >= 0.3 is 6.36 Å². The molecule has 0 amide bonds. The van der Waals surface area contributed by atoms with Crippen molar-refractivity contribution in [2.75, 3.05) is 14.2 Å². The molecule has 0 N–H and O–H groups in total. The van der Waals surface area contributed by atoms with Crippen molar-refractivity contribution in [1.82, 2.24) is 0 Å². The van der Waals surface area contributed by atoms with Gasteiger partial charge in [0.25, 0.3) is 0 Å². The van der Waals surface area contributed by atoms with Crippen LogP contribution in [0, 0.1) is 0 Å². The minimum Gasteiger partial charge on any atom is -0.496 e. The lowest BCUT2D eigenvalue weighted by Crippen LogP contribution is -2.19. The molecule has 0 radical (unpaired) electrons. The lowest BCUT2D eigenvalue weighted by molar-refractivity contribution is -0.274. The van der Waals surface area contributed by atoms with Gasteiger partial charge in [-0.15, -0.1) is 13.2 Å². The molecule has 0 aliphatic heterocycles. The van der Waals surface area contributed by atoms with Crippen LogP contribution in [0.25, 0.3) is 0 Å². The molecule has 0 aliphatic rings. The number of ketones is 1. The summed E-state index contributed by atoms with van der Waals surface area (Å²) in [5.41, 5.74) is -0.219. The molecule has 0 fully saturated rings. The van der Waals surface area contributed by atoms with Crippen LogP contribution in [0.2, 0.25) is 0 Å². The highest BCUT2D eigenvalue weighted by molar-refractivity contribution is 6.14. The first-order valence-electron chi connectivity index (χ1n) is 6.48. The zero-order chi connectivity index (χ0) is 17.0. The van der Waals surface area contributed by atoms with Crippen LogP contribution >= 0.6 is 0 Å². The van der Waals surface area contributed by atoms with Crippen LogP contribution in [0.4, 0.5) is 13.2 Å². The summed E-state index contributed by atoms with van der Waals surface area (Å²) >= 11 is 0. The molecule has 2 aromatic carbocycles. The molecule has 0 spiro atoms. The largest absolute Gasteiger partial charge is 0.573 e. The van der Waals surface area contributed by atoms with Gasteiger partial charge in [-0.05, 0) is 24.3 Å². The summed E-state index contributed by atoms with van der Waals surface area (Å²) in [5.74, 6) is -0.899. The number of rotatable bonds is 5. The topological polar surface area (TPSA) is 44.8 Å². The van der Waals surface area contributed by atoms with Crippen molar-refractivity contribution < 1.29 is 32.2 Å². The number of alkyl halides is 3. The maximum Gasteiger partial charge on any atom is 0.573 e. The molecule has 0 bridgehead atoms. The summed E-state index contributed by atoms with van der Waals surface area (Å²) in [6.45, 7) is 0. The van der Waals surface area contributed by atoms with Gasteiger partial charge in [0.2, 0.25) is 5.78 Å². The Morgan fingerprint density at radius 1 is 0.870 bits per heavy atom. The maximum absolute atomic E-state index is 12.7. The molecule has 4 nitrogen and oxygen atoms in total. The van der Waals surface area contributed by atoms with Crippen molar-refractivity contribution >= 4 is 5.78 Å². The van der Waals surface area contributed by atoms with Crippen molar-refractivity contribution in [2.45, 2.75) is 6.36 Å². The Bertz CT molecular complexity index is 688.